The summed E-state index contributed by atoms with van der Waals surface area (Å²) in [7, 11) is -3.09. The molecule has 3 saturated heterocycles. The Kier molecular flexibility index (Phi) is 4.34. The SMILES string of the molecule is CS(=O)(=O)N1CCCC(CC2(O)CCN3CCCC3C2)C1. The molecule has 0 aliphatic carbocycles. The predicted molar refractivity (Wildman–Crippen MR) is 82.5 cm³/mol. The Morgan fingerprint density at radius 2 is 1.95 bits per heavy atom. The summed E-state index contributed by atoms with van der Waals surface area (Å²) in [6, 6.07) is 0.554. The first kappa shape index (κ1) is 15.7. The fourth-order valence-corrected chi connectivity index (χ4v) is 5.47. The van der Waals surface area contributed by atoms with Gasteiger partial charge in [-0.05, 0) is 57.4 Å². The molecule has 3 aliphatic rings. The van der Waals surface area contributed by atoms with E-state index in [1.54, 1.807) is 4.31 Å². The van der Waals surface area contributed by atoms with Crippen molar-refractivity contribution in [3.63, 3.8) is 0 Å². The highest BCUT2D eigenvalue weighted by molar-refractivity contribution is 7.88. The van der Waals surface area contributed by atoms with Crippen LogP contribution in [0.15, 0.2) is 0 Å². The van der Waals surface area contributed by atoms with E-state index in [9.17, 15) is 13.5 Å². The topological polar surface area (TPSA) is 60.9 Å². The lowest BCUT2D eigenvalue weighted by atomic mass is 9.78. The average molecular weight is 316 g/mol. The third-order valence-corrected chi connectivity index (χ3v) is 6.87. The number of aliphatic hydroxyl groups is 1. The van der Waals surface area contributed by atoms with Crippen LogP contribution in [0.5, 0.6) is 0 Å². The Morgan fingerprint density at radius 1 is 1.19 bits per heavy atom. The Labute approximate surface area is 128 Å². The number of piperidine rings is 2. The Morgan fingerprint density at radius 3 is 2.71 bits per heavy atom. The molecule has 1 N–H and O–H groups in total. The van der Waals surface area contributed by atoms with Crippen molar-refractivity contribution in [3.8, 4) is 0 Å². The van der Waals surface area contributed by atoms with Crippen molar-refractivity contribution in [1.29, 1.82) is 0 Å². The number of hydrogen-bond acceptors (Lipinski definition) is 4. The van der Waals surface area contributed by atoms with Crippen molar-refractivity contribution in [2.45, 2.75) is 56.6 Å². The Balaban J connectivity index is 1.60. The molecular weight excluding hydrogens is 288 g/mol. The first-order valence-corrected chi connectivity index (χ1v) is 10.1. The fraction of sp³-hybridized carbons (Fsp3) is 1.00. The molecule has 0 saturated carbocycles. The highest BCUT2D eigenvalue weighted by atomic mass is 32.2. The normalized spacial score (nSPS) is 39.3. The lowest BCUT2D eigenvalue weighted by molar-refractivity contribution is -0.0562. The second kappa shape index (κ2) is 5.80. The molecule has 0 aromatic rings. The van der Waals surface area contributed by atoms with E-state index in [1.807, 2.05) is 0 Å². The van der Waals surface area contributed by atoms with Gasteiger partial charge in [-0.3, -0.25) is 0 Å². The molecule has 3 atom stereocenters. The lowest BCUT2D eigenvalue weighted by Gasteiger charge is -2.43. The van der Waals surface area contributed by atoms with Gasteiger partial charge in [0.05, 0.1) is 11.9 Å². The number of fused-ring (bicyclic) bond motifs is 1. The van der Waals surface area contributed by atoms with Crippen molar-refractivity contribution in [2.24, 2.45) is 5.92 Å². The highest BCUT2D eigenvalue weighted by Gasteiger charge is 2.42. The van der Waals surface area contributed by atoms with Crippen molar-refractivity contribution < 1.29 is 13.5 Å². The van der Waals surface area contributed by atoms with Gasteiger partial charge < -0.3 is 10.0 Å². The Hall–Kier alpha value is -0.170. The van der Waals surface area contributed by atoms with E-state index in [-0.39, 0.29) is 0 Å². The quantitative estimate of drug-likeness (QED) is 0.845. The lowest BCUT2D eigenvalue weighted by Crippen LogP contribution is -2.50. The van der Waals surface area contributed by atoms with Crippen LogP contribution in [0.2, 0.25) is 0 Å². The van der Waals surface area contributed by atoms with E-state index < -0.39 is 15.6 Å². The van der Waals surface area contributed by atoms with Gasteiger partial charge in [0, 0.05) is 25.7 Å². The monoisotopic (exact) mass is 316 g/mol. The molecule has 122 valence electrons. The molecule has 5 nitrogen and oxygen atoms in total. The standard InChI is InChI=1S/C15H28N2O3S/c1-21(19,20)17-8-2-4-13(12-17)10-15(18)6-9-16-7-3-5-14(16)11-15/h13-14,18H,2-12H2,1H3. The maximum Gasteiger partial charge on any atom is 0.211 e. The van der Waals surface area contributed by atoms with Gasteiger partial charge in [0.25, 0.3) is 0 Å². The molecule has 3 rings (SSSR count). The van der Waals surface area contributed by atoms with Gasteiger partial charge in [-0.2, -0.15) is 0 Å². The predicted octanol–water partition coefficient (Wildman–Crippen LogP) is 1.04. The highest BCUT2D eigenvalue weighted by Crippen LogP contribution is 2.38. The van der Waals surface area contributed by atoms with E-state index in [4.69, 9.17) is 0 Å². The van der Waals surface area contributed by atoms with E-state index in [0.717, 1.165) is 38.6 Å². The number of hydrogen-bond donors (Lipinski definition) is 1. The third-order valence-electron chi connectivity index (χ3n) is 5.60. The van der Waals surface area contributed by atoms with E-state index in [2.05, 4.69) is 4.90 Å². The molecule has 0 spiro atoms. The van der Waals surface area contributed by atoms with Gasteiger partial charge in [0.1, 0.15) is 0 Å². The Bertz CT molecular complexity index is 481. The van der Waals surface area contributed by atoms with Gasteiger partial charge in [0.15, 0.2) is 0 Å². The van der Waals surface area contributed by atoms with Crippen LogP contribution in [0.25, 0.3) is 0 Å². The molecule has 3 fully saturated rings. The summed E-state index contributed by atoms with van der Waals surface area (Å²) < 4.78 is 25.0. The molecule has 3 unspecified atom stereocenters. The molecular formula is C15H28N2O3S. The maximum absolute atomic E-state index is 11.7. The van der Waals surface area contributed by atoms with Gasteiger partial charge in [-0.25, -0.2) is 12.7 Å². The van der Waals surface area contributed by atoms with Crippen LogP contribution in [0.4, 0.5) is 0 Å². The number of sulfonamides is 1. The minimum Gasteiger partial charge on any atom is -0.390 e. The molecule has 3 aliphatic heterocycles. The van der Waals surface area contributed by atoms with Crippen LogP contribution >= 0.6 is 0 Å². The fourth-order valence-electron chi connectivity index (χ4n) is 4.53. The summed E-state index contributed by atoms with van der Waals surface area (Å²) in [5.74, 6) is 0.312. The average Bonchev–Trinajstić information content (AvgIpc) is 2.84. The zero-order chi connectivity index (χ0) is 15.1. The third kappa shape index (κ3) is 3.60. The van der Waals surface area contributed by atoms with Crippen LogP contribution in [0.1, 0.15) is 44.9 Å². The van der Waals surface area contributed by atoms with Crippen molar-refractivity contribution in [1.82, 2.24) is 9.21 Å². The van der Waals surface area contributed by atoms with Gasteiger partial charge in [-0.15, -0.1) is 0 Å². The summed E-state index contributed by atoms with van der Waals surface area (Å²) in [6.45, 7) is 3.43. The first-order chi connectivity index (χ1) is 9.86. The molecule has 21 heavy (non-hydrogen) atoms. The second-order valence-electron chi connectivity index (χ2n) is 7.34. The molecule has 6 heteroatoms. The van der Waals surface area contributed by atoms with Crippen LogP contribution in [0, 0.1) is 5.92 Å². The van der Waals surface area contributed by atoms with Gasteiger partial charge >= 0.3 is 0 Å². The van der Waals surface area contributed by atoms with Gasteiger partial charge in [-0.1, -0.05) is 0 Å². The smallest absolute Gasteiger partial charge is 0.211 e. The molecule has 3 heterocycles. The summed E-state index contributed by atoms with van der Waals surface area (Å²) in [4.78, 5) is 2.51. The number of rotatable bonds is 3. The molecule has 0 aromatic carbocycles. The number of nitrogens with zero attached hydrogens (tertiary/aromatic N) is 2. The summed E-state index contributed by atoms with van der Waals surface area (Å²) in [5.41, 5.74) is -0.573. The van der Waals surface area contributed by atoms with Crippen molar-refractivity contribution in [3.05, 3.63) is 0 Å². The largest absolute Gasteiger partial charge is 0.390 e. The van der Waals surface area contributed by atoms with E-state index in [1.165, 1.54) is 25.6 Å². The van der Waals surface area contributed by atoms with Crippen LogP contribution in [-0.2, 0) is 10.0 Å². The van der Waals surface area contributed by atoms with Crippen LogP contribution in [0.3, 0.4) is 0 Å². The maximum atomic E-state index is 11.7. The van der Waals surface area contributed by atoms with Crippen molar-refractivity contribution >= 4 is 10.0 Å². The minimum atomic E-state index is -3.09. The molecule has 0 amide bonds. The zero-order valence-electron chi connectivity index (χ0n) is 13.0. The first-order valence-electron chi connectivity index (χ1n) is 8.27. The van der Waals surface area contributed by atoms with Gasteiger partial charge in [0.2, 0.25) is 10.0 Å². The van der Waals surface area contributed by atoms with E-state index >= 15 is 0 Å². The zero-order valence-corrected chi connectivity index (χ0v) is 13.8. The van der Waals surface area contributed by atoms with Crippen LogP contribution in [-0.4, -0.2) is 66.8 Å². The molecule has 0 radical (unpaired) electrons. The summed E-state index contributed by atoms with van der Waals surface area (Å²) in [5, 5.41) is 11.0. The summed E-state index contributed by atoms with van der Waals surface area (Å²) in [6.07, 6.45) is 8.21. The van der Waals surface area contributed by atoms with Crippen LogP contribution < -0.4 is 0 Å². The summed E-state index contributed by atoms with van der Waals surface area (Å²) >= 11 is 0. The minimum absolute atomic E-state index is 0.312. The molecule has 0 aromatic heterocycles. The van der Waals surface area contributed by atoms with E-state index in [0.29, 0.717) is 25.0 Å². The van der Waals surface area contributed by atoms with Crippen molar-refractivity contribution in [2.75, 3.05) is 32.4 Å². The molecule has 0 bridgehead atoms. The second-order valence-corrected chi connectivity index (χ2v) is 9.33.